The van der Waals surface area contributed by atoms with Crippen LogP contribution in [0.3, 0.4) is 0 Å². The molecule has 0 fully saturated rings. The third-order valence-electron chi connectivity index (χ3n) is 11.8. The molecule has 1 atom stereocenters. The lowest BCUT2D eigenvalue weighted by Gasteiger charge is -2.20. The largest absolute Gasteiger partial charge is 0.264 e. The van der Waals surface area contributed by atoms with Gasteiger partial charge in [-0.3, -0.25) is 19.9 Å². The highest BCUT2D eigenvalue weighted by molar-refractivity contribution is 5.44. The maximum Gasteiger partial charge on any atom is 0.125 e. The fraction of sp³-hybridized carbons (Fsp3) is 0.500. The highest BCUT2D eigenvalue weighted by Gasteiger charge is 2.15. The summed E-state index contributed by atoms with van der Waals surface area (Å²) >= 11 is 0. The topological polar surface area (TPSA) is 77.3 Å². The van der Waals surface area contributed by atoms with Gasteiger partial charge < -0.3 is 0 Å². The zero-order valence-electron chi connectivity index (χ0n) is 61.5. The zero-order chi connectivity index (χ0) is 67.0. The first-order valence-electron chi connectivity index (χ1n) is 31.7. The molecular weight excluding hydrogens is 949 g/mol. The molecule has 6 nitrogen and oxygen atoms in total. The van der Waals surface area contributed by atoms with Gasteiger partial charge in [-0.1, -0.05) is 194 Å². The Bertz CT molecular complexity index is 2780. The van der Waals surface area contributed by atoms with Crippen molar-refractivity contribution in [2.24, 2.45) is 5.89 Å². The average Bonchev–Trinajstić information content (AvgIpc) is 0.946. The summed E-state index contributed by atoms with van der Waals surface area (Å²) in [5.74, 6) is -2.17. The Kier molecular flexibility index (Phi) is 30.1. The first-order chi connectivity index (χ1) is 39.0. The Labute approximate surface area is 493 Å². The summed E-state index contributed by atoms with van der Waals surface area (Å²) in [5.41, 5.74) is 15.0. The van der Waals surface area contributed by atoms with Crippen molar-refractivity contribution in [2.75, 3.05) is 0 Å². The van der Waals surface area contributed by atoms with Crippen molar-refractivity contribution in [3.05, 3.63) is 212 Å². The molecule has 4 heterocycles. The van der Waals surface area contributed by atoms with Crippen LogP contribution in [0.15, 0.2) is 128 Å². The third-order valence-corrected chi connectivity index (χ3v) is 11.8. The summed E-state index contributed by atoms with van der Waals surface area (Å²) in [6.07, 6.45) is 13.9. The molecule has 0 radical (unpaired) electrons. The van der Waals surface area contributed by atoms with Crippen molar-refractivity contribution in [1.82, 2.24) is 29.9 Å². The Hall–Kier alpha value is -5.88. The van der Waals surface area contributed by atoms with Gasteiger partial charge in [0.05, 0.1) is 5.69 Å². The van der Waals surface area contributed by atoms with Gasteiger partial charge >= 0.3 is 0 Å². The molecule has 0 N–H and O–H groups in total. The summed E-state index contributed by atoms with van der Waals surface area (Å²) in [6, 6.07) is 25.5. The maximum absolute atomic E-state index is 8.29. The third kappa shape index (κ3) is 30.9. The van der Waals surface area contributed by atoms with Crippen molar-refractivity contribution in [1.29, 1.82) is 0 Å². The minimum Gasteiger partial charge on any atom is -0.264 e. The van der Waals surface area contributed by atoms with Crippen molar-refractivity contribution in [3.63, 3.8) is 0 Å². The molecule has 3 aromatic carbocycles. The van der Waals surface area contributed by atoms with Gasteiger partial charge in [0.15, 0.2) is 0 Å². The van der Waals surface area contributed by atoms with E-state index in [0.717, 1.165) is 50.6 Å². The maximum atomic E-state index is 8.29. The fourth-order valence-corrected chi connectivity index (χ4v) is 7.59. The van der Waals surface area contributed by atoms with Gasteiger partial charge in [-0.15, -0.1) is 0 Å². The minimum atomic E-state index is -2.39. The first kappa shape index (κ1) is 58.3. The molecule has 4 aromatic heterocycles. The quantitative estimate of drug-likeness (QED) is 0.151. The second-order valence-electron chi connectivity index (χ2n) is 21.7. The predicted molar refractivity (Wildman–Crippen MR) is 345 cm³/mol. The van der Waals surface area contributed by atoms with E-state index in [2.05, 4.69) is 90.5 Å². The van der Waals surface area contributed by atoms with Crippen molar-refractivity contribution in [3.8, 4) is 0 Å². The molecule has 0 spiro atoms. The van der Waals surface area contributed by atoms with Crippen LogP contribution < -0.4 is 0 Å². The first-order valence-corrected chi connectivity index (χ1v) is 27.2. The highest BCUT2D eigenvalue weighted by Crippen LogP contribution is 2.33. The number of aromatic nitrogens is 6. The van der Waals surface area contributed by atoms with Gasteiger partial charge in [-0.2, -0.15) is 0 Å². The lowest BCUT2D eigenvalue weighted by Crippen LogP contribution is -2.03. The molecular formula is C72H112N6. The molecule has 1 unspecified atom stereocenters. The molecule has 0 saturated carbocycles. The van der Waals surface area contributed by atoms with E-state index in [9.17, 15) is 0 Å². The number of aryl methyl sites for hydroxylation is 4. The standard InChI is InChI=1S/2C16H26.C13H20.2C6H7N.2C5H6N2.C4H10.CH4/c2*1-10(2)14-8-15(11(3)4)13(7)16(9-14)12(5)6;1-9(2)12-7-6-8-13(10(3)4)11(12)5;1-6-3-2-4-7-5-6;1-6-4-2-3-5-7-6;1-5-4-6-2-3-7-5;1-5-6-3-2-4-7-5;1-4(2)3;/h2*8-12H,1-7H3;6-10H,1-5H3;2*2-5H,1H3;2*2-4H,1H3;4H,1-3H3;1H4/i10D,11D,12D;;1D3,9D,10D;;;;;4D;. The second kappa shape index (κ2) is 40.3. The lowest BCUT2D eigenvalue weighted by atomic mass is 9.85. The monoisotopic (exact) mass is 1070 g/mol. The van der Waals surface area contributed by atoms with E-state index >= 15 is 0 Å². The molecule has 78 heavy (non-hydrogen) atoms. The zero-order valence-corrected chi connectivity index (χ0v) is 52.5. The van der Waals surface area contributed by atoms with E-state index in [4.69, 9.17) is 12.3 Å². The van der Waals surface area contributed by atoms with Gasteiger partial charge in [-0.05, 0) is 193 Å². The number of benzene rings is 3. The van der Waals surface area contributed by atoms with Crippen LogP contribution in [0.1, 0.15) is 282 Å². The van der Waals surface area contributed by atoms with E-state index in [1.54, 1.807) is 82.3 Å². The summed E-state index contributed by atoms with van der Waals surface area (Å²) in [6.45, 7) is 46.7. The van der Waals surface area contributed by atoms with Crippen molar-refractivity contribution in [2.45, 2.75) is 235 Å². The molecule has 6 heteroatoms. The highest BCUT2D eigenvalue weighted by atomic mass is 14.8. The van der Waals surface area contributed by atoms with Crippen LogP contribution in [0.2, 0.25) is 0 Å². The number of hydrogen-bond donors (Lipinski definition) is 0. The van der Waals surface area contributed by atoms with Gasteiger partial charge in [-0.25, -0.2) is 9.97 Å². The van der Waals surface area contributed by atoms with Crippen molar-refractivity contribution < 1.29 is 12.3 Å². The van der Waals surface area contributed by atoms with Crippen LogP contribution in [-0.2, 0) is 0 Å². The number of nitrogens with zero attached hydrogens (tertiary/aromatic N) is 6. The predicted octanol–water partition coefficient (Wildman–Crippen LogP) is 21.6. The van der Waals surface area contributed by atoms with Gasteiger partial charge in [0.25, 0.3) is 0 Å². The van der Waals surface area contributed by atoms with E-state index in [-0.39, 0.29) is 13.3 Å². The smallest absolute Gasteiger partial charge is 0.125 e. The Morgan fingerprint density at radius 1 is 0.359 bits per heavy atom. The number of hydrogen-bond acceptors (Lipinski definition) is 6. The Morgan fingerprint density at radius 2 is 0.795 bits per heavy atom. The van der Waals surface area contributed by atoms with E-state index in [0.29, 0.717) is 23.3 Å². The second-order valence-corrected chi connectivity index (χ2v) is 21.7. The number of pyridine rings is 2. The molecule has 0 aliphatic carbocycles. The molecule has 430 valence electrons. The van der Waals surface area contributed by atoms with Crippen LogP contribution in [0, 0.1) is 54.4 Å². The van der Waals surface area contributed by atoms with E-state index in [1.165, 1.54) is 34.7 Å². The molecule has 0 aliphatic rings. The minimum absolute atomic E-state index is 0. The van der Waals surface area contributed by atoms with Crippen LogP contribution in [0.5, 0.6) is 0 Å². The summed E-state index contributed by atoms with van der Waals surface area (Å²) in [4.78, 5) is 23.3. The molecule has 0 bridgehead atoms. The SMILES string of the molecule is C.Cc1c(C(C)C)cc(C(C)C)cc1C(C)C.Cc1ccccn1.Cc1cccnc1.Cc1cnccn1.Cc1ncccn1.[2H]C(C)(C)C.[2H]C(C)(C)c1cc(C([2H])(C)C)c(C)c(C([2H])(C)C)c1.[2H]C(C)(C)c1cccc(C([2H])(C)C([2H])([2H])[2H])c1C. The molecule has 0 saturated heterocycles. The van der Waals surface area contributed by atoms with E-state index < -0.39 is 36.3 Å². The van der Waals surface area contributed by atoms with Crippen molar-refractivity contribution >= 4 is 0 Å². The molecule has 7 rings (SSSR count). The summed E-state index contributed by atoms with van der Waals surface area (Å²) in [7, 11) is 0. The van der Waals surface area contributed by atoms with Crippen LogP contribution in [0.25, 0.3) is 0 Å². The average molecular weight is 1070 g/mol. The lowest BCUT2D eigenvalue weighted by molar-refractivity contribution is 0.737. The fourth-order valence-electron chi connectivity index (χ4n) is 7.59. The van der Waals surface area contributed by atoms with Crippen LogP contribution in [0.4, 0.5) is 0 Å². The van der Waals surface area contributed by atoms with Crippen LogP contribution in [-0.4, -0.2) is 29.9 Å². The molecule has 0 amide bonds. The number of rotatable bonds is 8. The Balaban J connectivity index is 0. The molecule has 0 aliphatic heterocycles. The Morgan fingerprint density at radius 3 is 1.08 bits per heavy atom. The molecule has 7 aromatic rings. The summed E-state index contributed by atoms with van der Waals surface area (Å²) < 4.78 is 70.4. The van der Waals surface area contributed by atoms with E-state index in [1.807, 2.05) is 152 Å². The van der Waals surface area contributed by atoms with Gasteiger partial charge in [0.2, 0.25) is 0 Å². The summed E-state index contributed by atoms with van der Waals surface area (Å²) in [5, 5.41) is 0. The van der Waals surface area contributed by atoms with Crippen LogP contribution >= 0.6 is 0 Å². The van der Waals surface area contributed by atoms with Gasteiger partial charge in [0, 0.05) is 67.6 Å². The normalized spacial score (nSPS) is 13.6. The van der Waals surface area contributed by atoms with Gasteiger partial charge in [0.1, 0.15) is 5.82 Å².